The number of halogens is 4. The number of rotatable bonds is 8. The first-order valence-corrected chi connectivity index (χ1v) is 11.2. The van der Waals surface area contributed by atoms with Crippen LogP contribution in [0.5, 0.6) is 0 Å². The van der Waals surface area contributed by atoms with Crippen molar-refractivity contribution in [3.8, 4) is 0 Å². The van der Waals surface area contributed by atoms with Gasteiger partial charge in [-0.15, -0.1) is 0 Å². The summed E-state index contributed by atoms with van der Waals surface area (Å²) in [6.07, 6.45) is -0.971. The van der Waals surface area contributed by atoms with Crippen molar-refractivity contribution in [1.82, 2.24) is 4.98 Å². The fraction of sp³-hybridized carbons (Fsp3) is 0.346. The highest BCUT2D eigenvalue weighted by molar-refractivity contribution is 5.99. The topological polar surface area (TPSA) is 88.5 Å². The molecule has 1 amide bonds. The number of hydrogen-bond acceptors (Lipinski definition) is 5. The molecule has 192 valence electrons. The Morgan fingerprint density at radius 2 is 1.94 bits per heavy atom. The summed E-state index contributed by atoms with van der Waals surface area (Å²) in [4.78, 5) is 28.0. The van der Waals surface area contributed by atoms with Crippen LogP contribution in [0.1, 0.15) is 49.6 Å². The van der Waals surface area contributed by atoms with Crippen LogP contribution in [0.25, 0.3) is 5.57 Å². The normalized spacial score (nSPS) is 14.3. The maximum absolute atomic E-state index is 14.8. The molecule has 3 rings (SSSR count). The predicted molar refractivity (Wildman–Crippen MR) is 125 cm³/mol. The number of aromatic nitrogens is 1. The van der Waals surface area contributed by atoms with Gasteiger partial charge in [0.1, 0.15) is 11.6 Å². The van der Waals surface area contributed by atoms with E-state index < -0.39 is 41.9 Å². The number of nitrogens with zero attached hydrogens (tertiary/aromatic N) is 1. The number of carbonyl (C=O) groups is 2. The van der Waals surface area contributed by atoms with Crippen LogP contribution in [0.4, 0.5) is 23.2 Å². The first kappa shape index (κ1) is 27.1. The number of alkyl halides is 3. The first-order chi connectivity index (χ1) is 16.9. The van der Waals surface area contributed by atoms with Gasteiger partial charge in [0.25, 0.3) is 0 Å². The number of ether oxygens (including phenoxy) is 1. The van der Waals surface area contributed by atoms with E-state index in [-0.39, 0.29) is 29.1 Å². The highest BCUT2D eigenvalue weighted by Gasteiger charge is 2.39. The molecule has 1 aromatic carbocycles. The number of nitrogens with one attached hydrogen (secondary N) is 1. The van der Waals surface area contributed by atoms with Gasteiger partial charge in [0.15, 0.2) is 5.78 Å². The zero-order valence-electron chi connectivity index (χ0n) is 20.0. The minimum atomic E-state index is -4.76. The van der Waals surface area contributed by atoms with Crippen LogP contribution in [0.3, 0.4) is 0 Å². The number of allylic oxidation sites excluding steroid dienone is 3. The average Bonchev–Trinajstić information content (AvgIpc) is 2.80. The molecule has 0 bridgehead atoms. The third-order valence-corrected chi connectivity index (χ3v) is 5.59. The zero-order valence-corrected chi connectivity index (χ0v) is 20.0. The summed E-state index contributed by atoms with van der Waals surface area (Å²) >= 11 is 0. The van der Waals surface area contributed by atoms with Crippen LogP contribution in [0, 0.1) is 5.82 Å². The van der Waals surface area contributed by atoms with Gasteiger partial charge in [-0.05, 0) is 30.2 Å². The molecule has 10 heteroatoms. The third kappa shape index (κ3) is 6.17. The molecule has 0 fully saturated rings. The van der Waals surface area contributed by atoms with E-state index >= 15 is 0 Å². The highest BCUT2D eigenvalue weighted by atomic mass is 19.4. The molecule has 1 aromatic heterocycles. The standard InChI is InChI=1S/C26H26F4N2O4/c1-4-36-22-12-18(34)7-8-19(22)15-5-6-16(21(27)9-15)10-23(35)32-17-11-20(26(28,29)30)24(31-13-17)25(2,3)14-33/h5-6,8-9,11-13,33H,4,7,10,14H2,1-3H3,(H,32,35). The molecule has 0 unspecified atom stereocenters. The number of anilines is 1. The number of benzene rings is 1. The second-order valence-corrected chi connectivity index (χ2v) is 8.92. The summed E-state index contributed by atoms with van der Waals surface area (Å²) in [6.45, 7) is 4.36. The largest absolute Gasteiger partial charge is 0.493 e. The molecule has 2 aromatic rings. The van der Waals surface area contributed by atoms with E-state index in [2.05, 4.69) is 10.3 Å². The number of pyridine rings is 1. The van der Waals surface area contributed by atoms with Crippen LogP contribution in [-0.2, 0) is 32.3 Å². The second-order valence-electron chi connectivity index (χ2n) is 8.92. The van der Waals surface area contributed by atoms with E-state index in [1.165, 1.54) is 32.1 Å². The molecule has 0 atom stereocenters. The number of aliphatic hydroxyl groups is 1. The van der Waals surface area contributed by atoms with E-state index in [0.29, 0.717) is 23.5 Å². The number of aliphatic hydroxyl groups excluding tert-OH is 1. The molecule has 0 saturated heterocycles. The van der Waals surface area contributed by atoms with Gasteiger partial charge in [-0.1, -0.05) is 32.1 Å². The Morgan fingerprint density at radius 3 is 2.56 bits per heavy atom. The summed E-state index contributed by atoms with van der Waals surface area (Å²) in [5.74, 6) is -1.22. The van der Waals surface area contributed by atoms with Gasteiger partial charge in [0.2, 0.25) is 5.91 Å². The lowest BCUT2D eigenvalue weighted by atomic mass is 9.86. The number of ketones is 1. The Bertz CT molecular complexity index is 1230. The molecule has 0 aliphatic heterocycles. The van der Waals surface area contributed by atoms with Gasteiger partial charge in [-0.3, -0.25) is 14.6 Å². The molecule has 2 N–H and O–H groups in total. The lowest BCUT2D eigenvalue weighted by Crippen LogP contribution is -2.28. The van der Waals surface area contributed by atoms with Crippen LogP contribution in [-0.4, -0.2) is 35.0 Å². The molecule has 0 spiro atoms. The van der Waals surface area contributed by atoms with Crippen molar-refractivity contribution in [2.24, 2.45) is 0 Å². The molecular formula is C26H26F4N2O4. The van der Waals surface area contributed by atoms with E-state index in [0.717, 1.165) is 12.3 Å². The minimum absolute atomic E-state index is 0.0349. The number of hydrogen-bond donors (Lipinski definition) is 2. The van der Waals surface area contributed by atoms with Crippen molar-refractivity contribution in [2.75, 3.05) is 18.5 Å². The second kappa shape index (κ2) is 10.6. The van der Waals surface area contributed by atoms with Crippen molar-refractivity contribution >= 4 is 23.0 Å². The zero-order chi connectivity index (χ0) is 26.7. The van der Waals surface area contributed by atoms with Crippen molar-refractivity contribution in [2.45, 2.75) is 45.2 Å². The molecule has 36 heavy (non-hydrogen) atoms. The van der Waals surface area contributed by atoms with Gasteiger partial charge in [-0.2, -0.15) is 13.2 Å². The highest BCUT2D eigenvalue weighted by Crippen LogP contribution is 2.37. The van der Waals surface area contributed by atoms with Crippen molar-refractivity contribution < 1.29 is 37.0 Å². The van der Waals surface area contributed by atoms with E-state index in [9.17, 15) is 32.3 Å². The fourth-order valence-electron chi connectivity index (χ4n) is 3.72. The van der Waals surface area contributed by atoms with Crippen molar-refractivity contribution in [1.29, 1.82) is 0 Å². The Morgan fingerprint density at radius 1 is 1.22 bits per heavy atom. The van der Waals surface area contributed by atoms with Gasteiger partial charge < -0.3 is 15.2 Å². The molecule has 1 heterocycles. The molecular weight excluding hydrogens is 480 g/mol. The first-order valence-electron chi connectivity index (χ1n) is 11.2. The number of carbonyl (C=O) groups excluding carboxylic acids is 2. The van der Waals surface area contributed by atoms with Crippen molar-refractivity contribution in [3.05, 3.63) is 76.6 Å². The SMILES string of the molecule is CCOC1=CC(=O)CC=C1c1ccc(CC(=O)Nc2cnc(C(C)(C)CO)c(C(F)(F)F)c2)c(F)c1. The molecule has 6 nitrogen and oxygen atoms in total. The van der Waals surface area contributed by atoms with E-state index in [4.69, 9.17) is 4.74 Å². The maximum atomic E-state index is 14.8. The summed E-state index contributed by atoms with van der Waals surface area (Å²) in [5, 5.41) is 11.8. The Labute approximate surface area is 205 Å². The van der Waals surface area contributed by atoms with Gasteiger partial charge in [0, 0.05) is 23.5 Å². The predicted octanol–water partition coefficient (Wildman–Crippen LogP) is 4.97. The molecule has 1 aliphatic carbocycles. The van der Waals surface area contributed by atoms with Crippen LogP contribution in [0.15, 0.2) is 48.4 Å². The fourth-order valence-corrected chi connectivity index (χ4v) is 3.72. The van der Waals surface area contributed by atoms with Gasteiger partial charge >= 0.3 is 6.18 Å². The van der Waals surface area contributed by atoms with Gasteiger partial charge in [-0.25, -0.2) is 4.39 Å². The van der Waals surface area contributed by atoms with E-state index in [1.54, 1.807) is 19.1 Å². The maximum Gasteiger partial charge on any atom is 0.418 e. The third-order valence-electron chi connectivity index (χ3n) is 5.59. The smallest absolute Gasteiger partial charge is 0.418 e. The van der Waals surface area contributed by atoms with Crippen LogP contribution in [0.2, 0.25) is 0 Å². The Hall–Kier alpha value is -3.53. The molecule has 0 radical (unpaired) electrons. The van der Waals surface area contributed by atoms with Gasteiger partial charge in [0.05, 0.1) is 42.8 Å². The summed E-state index contributed by atoms with van der Waals surface area (Å²) in [7, 11) is 0. The molecule has 0 saturated carbocycles. The Balaban J connectivity index is 1.79. The quantitative estimate of drug-likeness (QED) is 0.494. The summed E-state index contributed by atoms with van der Waals surface area (Å²) in [6, 6.07) is 4.94. The lowest BCUT2D eigenvalue weighted by molar-refractivity contribution is -0.139. The van der Waals surface area contributed by atoms with E-state index in [1.807, 2.05) is 0 Å². The van der Waals surface area contributed by atoms with Crippen molar-refractivity contribution in [3.63, 3.8) is 0 Å². The van der Waals surface area contributed by atoms with Crippen LogP contribution >= 0.6 is 0 Å². The molecule has 1 aliphatic rings. The van der Waals surface area contributed by atoms with Crippen LogP contribution < -0.4 is 5.32 Å². The average molecular weight is 506 g/mol. The lowest BCUT2D eigenvalue weighted by Gasteiger charge is -2.25. The number of amides is 1. The minimum Gasteiger partial charge on any atom is -0.493 e. The summed E-state index contributed by atoms with van der Waals surface area (Å²) in [5.41, 5.74) is -1.83. The monoisotopic (exact) mass is 506 g/mol. The summed E-state index contributed by atoms with van der Waals surface area (Å²) < 4.78 is 61.1. The Kier molecular flexibility index (Phi) is 7.98.